The van der Waals surface area contributed by atoms with E-state index in [1.54, 1.807) is 0 Å². The predicted molar refractivity (Wildman–Crippen MR) is 59.1 cm³/mol. The molecule has 14 heavy (non-hydrogen) atoms. The van der Waals surface area contributed by atoms with Crippen LogP contribution in [-0.4, -0.2) is 5.60 Å². The number of hydrogen-bond donors (Lipinski definition) is 0. The number of ether oxygens (including phenoxy) is 1. The van der Waals surface area contributed by atoms with Crippen LogP contribution in [0.3, 0.4) is 0 Å². The van der Waals surface area contributed by atoms with Crippen LogP contribution in [0.15, 0.2) is 11.8 Å². The highest BCUT2D eigenvalue weighted by molar-refractivity contribution is 5.01. The Morgan fingerprint density at radius 2 is 1.86 bits per heavy atom. The third-order valence-electron chi connectivity index (χ3n) is 3.55. The van der Waals surface area contributed by atoms with Crippen molar-refractivity contribution < 1.29 is 4.74 Å². The van der Waals surface area contributed by atoms with Gasteiger partial charge in [0.15, 0.2) is 0 Å². The molecule has 1 unspecified atom stereocenters. The minimum atomic E-state index is 0.168. The van der Waals surface area contributed by atoms with Crippen LogP contribution in [0, 0.1) is 0 Å². The zero-order valence-corrected chi connectivity index (χ0v) is 9.35. The first-order valence-corrected chi connectivity index (χ1v) is 6.17. The van der Waals surface area contributed by atoms with Crippen LogP contribution in [0.25, 0.3) is 0 Å². The van der Waals surface area contributed by atoms with Gasteiger partial charge in [-0.2, -0.15) is 0 Å². The molecule has 1 heteroatoms. The molecule has 0 spiro atoms. The molecule has 1 fully saturated rings. The van der Waals surface area contributed by atoms with Gasteiger partial charge in [0.25, 0.3) is 0 Å². The summed E-state index contributed by atoms with van der Waals surface area (Å²) in [6, 6.07) is 0. The average molecular weight is 194 g/mol. The maximum Gasteiger partial charge on any atom is 0.106 e. The zero-order valence-electron chi connectivity index (χ0n) is 9.35. The van der Waals surface area contributed by atoms with Gasteiger partial charge in [-0.05, 0) is 45.1 Å². The molecule has 0 aliphatic carbocycles. The lowest BCUT2D eigenvalue weighted by Crippen LogP contribution is -2.31. The first-order chi connectivity index (χ1) is 6.79. The van der Waals surface area contributed by atoms with Crippen LogP contribution in [0.4, 0.5) is 0 Å². The van der Waals surface area contributed by atoms with Crippen molar-refractivity contribution in [3.63, 3.8) is 0 Å². The Labute approximate surface area is 87.5 Å². The first-order valence-electron chi connectivity index (χ1n) is 6.17. The average Bonchev–Trinajstić information content (AvgIpc) is 2.16. The van der Waals surface area contributed by atoms with Gasteiger partial charge >= 0.3 is 0 Å². The third-order valence-corrected chi connectivity index (χ3v) is 3.55. The molecule has 1 nitrogen and oxygen atoms in total. The molecule has 2 aliphatic heterocycles. The van der Waals surface area contributed by atoms with E-state index < -0.39 is 0 Å². The number of rotatable bonds is 0. The Kier molecular flexibility index (Phi) is 3.15. The number of fused-ring (bicyclic) bond motifs is 2. The van der Waals surface area contributed by atoms with Crippen molar-refractivity contribution in [3.05, 3.63) is 11.8 Å². The first kappa shape index (κ1) is 10.1. The molecule has 80 valence electrons. The molecule has 0 amide bonds. The molecule has 2 bridgehead atoms. The normalized spacial score (nSPS) is 34.2. The van der Waals surface area contributed by atoms with E-state index in [0.717, 1.165) is 0 Å². The highest BCUT2D eigenvalue weighted by Crippen LogP contribution is 2.34. The standard InChI is InChI=1S/C13H22O/c1-13-10-6-4-2-3-5-8-12(14-13)9-7-11-13/h9H,2-8,10-11H2,1H3. The van der Waals surface area contributed by atoms with Gasteiger partial charge in [-0.25, -0.2) is 0 Å². The molecule has 0 radical (unpaired) electrons. The molecule has 1 saturated heterocycles. The van der Waals surface area contributed by atoms with Crippen LogP contribution in [0.1, 0.15) is 64.7 Å². The molecule has 2 rings (SSSR count). The van der Waals surface area contributed by atoms with Crippen molar-refractivity contribution in [2.45, 2.75) is 70.3 Å². The maximum absolute atomic E-state index is 6.11. The molecule has 0 aromatic rings. The summed E-state index contributed by atoms with van der Waals surface area (Å²) in [7, 11) is 0. The third kappa shape index (κ3) is 2.52. The Balaban J connectivity index is 2.02. The molecule has 0 saturated carbocycles. The van der Waals surface area contributed by atoms with Crippen LogP contribution in [0.5, 0.6) is 0 Å². The Morgan fingerprint density at radius 1 is 1.07 bits per heavy atom. The van der Waals surface area contributed by atoms with Gasteiger partial charge in [-0.3, -0.25) is 0 Å². The Hall–Kier alpha value is -0.460. The van der Waals surface area contributed by atoms with Crippen LogP contribution in [-0.2, 0) is 4.74 Å². The van der Waals surface area contributed by atoms with Gasteiger partial charge in [-0.1, -0.05) is 19.3 Å². The van der Waals surface area contributed by atoms with Gasteiger partial charge < -0.3 is 4.74 Å². The van der Waals surface area contributed by atoms with E-state index in [9.17, 15) is 0 Å². The van der Waals surface area contributed by atoms with Crippen molar-refractivity contribution in [2.24, 2.45) is 0 Å². The minimum absolute atomic E-state index is 0.168. The highest BCUT2D eigenvalue weighted by atomic mass is 16.5. The second-order valence-corrected chi connectivity index (χ2v) is 5.03. The second kappa shape index (κ2) is 4.37. The van der Waals surface area contributed by atoms with Crippen molar-refractivity contribution >= 4 is 0 Å². The zero-order chi connectivity index (χ0) is 9.86. The van der Waals surface area contributed by atoms with Crippen molar-refractivity contribution in [2.75, 3.05) is 0 Å². The summed E-state index contributed by atoms with van der Waals surface area (Å²) in [6.07, 6.45) is 14.1. The maximum atomic E-state index is 6.11. The van der Waals surface area contributed by atoms with E-state index in [1.807, 2.05) is 0 Å². The monoisotopic (exact) mass is 194 g/mol. The summed E-state index contributed by atoms with van der Waals surface area (Å²) < 4.78 is 6.11. The summed E-state index contributed by atoms with van der Waals surface area (Å²) in [6.45, 7) is 2.29. The van der Waals surface area contributed by atoms with Gasteiger partial charge in [0.1, 0.15) is 5.60 Å². The summed E-state index contributed by atoms with van der Waals surface area (Å²) in [4.78, 5) is 0. The van der Waals surface area contributed by atoms with Crippen LogP contribution in [0.2, 0.25) is 0 Å². The summed E-state index contributed by atoms with van der Waals surface area (Å²) >= 11 is 0. The van der Waals surface area contributed by atoms with E-state index >= 15 is 0 Å². The fourth-order valence-corrected chi connectivity index (χ4v) is 2.61. The van der Waals surface area contributed by atoms with Gasteiger partial charge in [0.2, 0.25) is 0 Å². The van der Waals surface area contributed by atoms with E-state index in [1.165, 1.54) is 63.5 Å². The molecule has 0 aromatic carbocycles. The van der Waals surface area contributed by atoms with Gasteiger partial charge in [-0.15, -0.1) is 0 Å². The molecule has 2 aliphatic rings. The van der Waals surface area contributed by atoms with Gasteiger partial charge in [0, 0.05) is 6.42 Å². The number of hydrogen-bond acceptors (Lipinski definition) is 1. The minimum Gasteiger partial charge on any atom is -0.492 e. The fourth-order valence-electron chi connectivity index (χ4n) is 2.61. The Morgan fingerprint density at radius 3 is 2.79 bits per heavy atom. The van der Waals surface area contributed by atoms with Crippen molar-refractivity contribution in [1.29, 1.82) is 0 Å². The molecular weight excluding hydrogens is 172 g/mol. The van der Waals surface area contributed by atoms with Gasteiger partial charge in [0.05, 0.1) is 5.76 Å². The van der Waals surface area contributed by atoms with E-state index in [2.05, 4.69) is 13.0 Å². The molecule has 0 aromatic heterocycles. The predicted octanol–water partition coefficient (Wildman–Crippen LogP) is 4.18. The summed E-state index contributed by atoms with van der Waals surface area (Å²) in [5.74, 6) is 1.28. The Bertz CT molecular complexity index is 219. The van der Waals surface area contributed by atoms with Crippen LogP contribution >= 0.6 is 0 Å². The molecule has 2 heterocycles. The summed E-state index contributed by atoms with van der Waals surface area (Å²) in [5, 5.41) is 0. The van der Waals surface area contributed by atoms with Crippen LogP contribution < -0.4 is 0 Å². The lowest BCUT2D eigenvalue weighted by molar-refractivity contribution is -0.0149. The smallest absolute Gasteiger partial charge is 0.106 e. The van der Waals surface area contributed by atoms with E-state index in [-0.39, 0.29) is 5.60 Å². The van der Waals surface area contributed by atoms with E-state index in [0.29, 0.717) is 0 Å². The SMILES string of the molecule is CC12CCC=C(CCCCCCC1)O2. The number of allylic oxidation sites excluding steroid dienone is 2. The topological polar surface area (TPSA) is 9.23 Å². The quantitative estimate of drug-likeness (QED) is 0.562. The second-order valence-electron chi connectivity index (χ2n) is 5.03. The largest absolute Gasteiger partial charge is 0.492 e. The highest BCUT2D eigenvalue weighted by Gasteiger charge is 2.29. The fraction of sp³-hybridized carbons (Fsp3) is 0.846. The molecule has 1 atom stereocenters. The lowest BCUT2D eigenvalue weighted by atomic mass is 9.89. The summed E-state index contributed by atoms with van der Waals surface area (Å²) in [5.41, 5.74) is 0.168. The molecular formula is C13H22O. The van der Waals surface area contributed by atoms with E-state index in [4.69, 9.17) is 4.74 Å². The molecule has 0 N–H and O–H groups in total. The lowest BCUT2D eigenvalue weighted by Gasteiger charge is -2.35. The van der Waals surface area contributed by atoms with Crippen molar-refractivity contribution in [1.82, 2.24) is 0 Å². The van der Waals surface area contributed by atoms with Crippen molar-refractivity contribution in [3.8, 4) is 0 Å².